The van der Waals surface area contributed by atoms with Crippen LogP contribution in [0.3, 0.4) is 0 Å². The first kappa shape index (κ1) is 15.7. The zero-order valence-corrected chi connectivity index (χ0v) is 12.8. The molecule has 4 nitrogen and oxygen atoms in total. The van der Waals surface area contributed by atoms with Crippen molar-refractivity contribution >= 4 is 15.8 Å². The summed E-state index contributed by atoms with van der Waals surface area (Å²) >= 11 is 0. The van der Waals surface area contributed by atoms with Crippen LogP contribution in [-0.2, 0) is 21.0 Å². The summed E-state index contributed by atoms with van der Waals surface area (Å²) in [5.74, 6) is -0.178. The second kappa shape index (κ2) is 5.74. The highest BCUT2D eigenvalue weighted by atomic mass is 32.2. The van der Waals surface area contributed by atoms with E-state index in [0.717, 1.165) is 17.4 Å². The van der Waals surface area contributed by atoms with E-state index in [1.165, 1.54) is 13.2 Å². The number of rotatable bonds is 4. The highest BCUT2D eigenvalue weighted by Crippen LogP contribution is 2.24. The molecule has 1 aromatic carbocycles. The Kier molecular flexibility index (Phi) is 4.74. The zero-order chi connectivity index (χ0) is 14.8. The fourth-order valence-corrected chi connectivity index (χ4v) is 2.97. The monoisotopic (exact) mass is 284 g/mol. The second-order valence-corrected chi connectivity index (χ2v) is 7.12. The summed E-state index contributed by atoms with van der Waals surface area (Å²) in [6.07, 6.45) is 1.81. The minimum atomic E-state index is -3.37. The number of ether oxygens (including phenoxy) is 1. The van der Waals surface area contributed by atoms with Crippen molar-refractivity contribution in [1.82, 2.24) is 0 Å². The van der Waals surface area contributed by atoms with E-state index in [0.29, 0.717) is 17.9 Å². The van der Waals surface area contributed by atoms with Crippen molar-refractivity contribution < 1.29 is 17.9 Å². The molecular weight excluding hydrogens is 264 g/mol. The van der Waals surface area contributed by atoms with Crippen LogP contribution >= 0.6 is 0 Å². The number of carbonyl (C=O) groups excluding carboxylic acids is 1. The first-order valence-corrected chi connectivity index (χ1v) is 7.97. The summed E-state index contributed by atoms with van der Waals surface area (Å²) in [5, 5.41) is 0. The van der Waals surface area contributed by atoms with Gasteiger partial charge in [0.15, 0.2) is 9.84 Å². The lowest BCUT2D eigenvalue weighted by atomic mass is 9.98. The smallest absolute Gasteiger partial charge is 0.338 e. The molecule has 106 valence electrons. The molecule has 0 aliphatic rings. The Morgan fingerprint density at radius 2 is 1.89 bits per heavy atom. The zero-order valence-electron chi connectivity index (χ0n) is 12.0. The maximum absolute atomic E-state index is 11.9. The van der Waals surface area contributed by atoms with Crippen molar-refractivity contribution in [3.8, 4) is 0 Å². The molecule has 0 aliphatic carbocycles. The van der Waals surface area contributed by atoms with Crippen LogP contribution in [0.4, 0.5) is 0 Å². The van der Waals surface area contributed by atoms with Crippen molar-refractivity contribution in [3.63, 3.8) is 0 Å². The van der Waals surface area contributed by atoms with Crippen molar-refractivity contribution in [2.24, 2.45) is 5.92 Å². The Morgan fingerprint density at radius 3 is 2.32 bits per heavy atom. The third-order valence-electron chi connectivity index (χ3n) is 2.84. The molecule has 0 atom stereocenters. The first-order chi connectivity index (χ1) is 8.66. The average Bonchev–Trinajstić information content (AvgIpc) is 2.25. The van der Waals surface area contributed by atoms with Crippen LogP contribution in [0.25, 0.3) is 0 Å². The van der Waals surface area contributed by atoms with Crippen LogP contribution in [-0.4, -0.2) is 27.8 Å². The van der Waals surface area contributed by atoms with Gasteiger partial charge >= 0.3 is 5.97 Å². The number of methoxy groups -OCH3 is 1. The lowest BCUT2D eigenvalue weighted by Gasteiger charge is -2.14. The van der Waals surface area contributed by atoms with E-state index in [-0.39, 0.29) is 4.90 Å². The van der Waals surface area contributed by atoms with Gasteiger partial charge in [-0.25, -0.2) is 13.2 Å². The molecule has 0 amide bonds. The van der Waals surface area contributed by atoms with Crippen molar-refractivity contribution in [2.75, 3.05) is 13.4 Å². The van der Waals surface area contributed by atoms with Crippen LogP contribution in [0.5, 0.6) is 0 Å². The summed E-state index contributed by atoms with van der Waals surface area (Å²) in [6.45, 7) is 5.83. The summed E-state index contributed by atoms with van der Waals surface area (Å²) in [7, 11) is -2.09. The quantitative estimate of drug-likeness (QED) is 0.796. The third-order valence-corrected chi connectivity index (χ3v) is 4.02. The molecule has 0 unspecified atom stereocenters. The Balaban J connectivity index is 3.50. The predicted octanol–water partition coefficient (Wildman–Crippen LogP) is 2.38. The molecule has 0 heterocycles. The van der Waals surface area contributed by atoms with E-state index in [9.17, 15) is 13.2 Å². The first-order valence-electron chi connectivity index (χ1n) is 6.08. The van der Waals surface area contributed by atoms with Crippen molar-refractivity contribution in [2.45, 2.75) is 32.1 Å². The van der Waals surface area contributed by atoms with Gasteiger partial charge in [0.05, 0.1) is 17.6 Å². The second-order valence-electron chi connectivity index (χ2n) is 5.14. The summed E-state index contributed by atoms with van der Waals surface area (Å²) < 4.78 is 28.4. The number of sulfone groups is 1. The topological polar surface area (TPSA) is 60.4 Å². The van der Waals surface area contributed by atoms with Gasteiger partial charge in [-0.2, -0.15) is 0 Å². The van der Waals surface area contributed by atoms with E-state index in [2.05, 4.69) is 4.74 Å². The maximum atomic E-state index is 11.9. The molecule has 0 saturated carbocycles. The van der Waals surface area contributed by atoms with Crippen LogP contribution in [0, 0.1) is 12.8 Å². The van der Waals surface area contributed by atoms with Gasteiger partial charge < -0.3 is 4.74 Å². The highest BCUT2D eigenvalue weighted by Gasteiger charge is 2.19. The lowest BCUT2D eigenvalue weighted by Crippen LogP contribution is -2.11. The number of carbonyl (C=O) groups is 1. The Hall–Kier alpha value is -1.36. The maximum Gasteiger partial charge on any atom is 0.338 e. The number of esters is 1. The molecule has 19 heavy (non-hydrogen) atoms. The summed E-state index contributed by atoms with van der Waals surface area (Å²) in [5.41, 5.74) is 1.79. The molecule has 0 aromatic heterocycles. The number of hydrogen-bond donors (Lipinski definition) is 0. The lowest BCUT2D eigenvalue weighted by molar-refractivity contribution is 0.0599. The van der Waals surface area contributed by atoms with E-state index < -0.39 is 15.8 Å². The Labute approximate surface area is 114 Å². The number of aryl methyl sites for hydroxylation is 1. The van der Waals surface area contributed by atoms with Gasteiger partial charge in [0.2, 0.25) is 0 Å². The van der Waals surface area contributed by atoms with Gasteiger partial charge in [0.1, 0.15) is 0 Å². The van der Waals surface area contributed by atoms with Crippen LogP contribution in [0.2, 0.25) is 0 Å². The van der Waals surface area contributed by atoms with Gasteiger partial charge in [0, 0.05) is 6.26 Å². The average molecular weight is 284 g/mol. The van der Waals surface area contributed by atoms with Crippen LogP contribution in [0.15, 0.2) is 17.0 Å². The molecule has 5 heteroatoms. The molecule has 1 aromatic rings. The van der Waals surface area contributed by atoms with Gasteiger partial charge in [-0.3, -0.25) is 0 Å². The molecule has 0 spiro atoms. The molecule has 0 bridgehead atoms. The van der Waals surface area contributed by atoms with E-state index in [1.54, 1.807) is 13.0 Å². The minimum absolute atomic E-state index is 0.215. The standard InChI is InChI=1S/C14H20O4S/c1-9(2)6-11-7-10(3)12(14(15)18-4)8-13(11)19(5,16)17/h7-9H,6H2,1-5H3. The molecule has 0 saturated heterocycles. The van der Waals surface area contributed by atoms with Crippen LogP contribution < -0.4 is 0 Å². The normalized spacial score (nSPS) is 11.7. The SMILES string of the molecule is COC(=O)c1cc(S(C)(=O)=O)c(CC(C)C)cc1C. The summed E-state index contributed by atoms with van der Waals surface area (Å²) in [4.78, 5) is 11.8. The fraction of sp³-hybridized carbons (Fsp3) is 0.500. The number of benzene rings is 1. The fourth-order valence-electron chi connectivity index (χ4n) is 2.02. The van der Waals surface area contributed by atoms with Gasteiger partial charge in [-0.05, 0) is 36.5 Å². The minimum Gasteiger partial charge on any atom is -0.465 e. The van der Waals surface area contributed by atoms with Crippen LogP contribution in [0.1, 0.15) is 35.3 Å². The van der Waals surface area contributed by atoms with Gasteiger partial charge in [-0.1, -0.05) is 19.9 Å². The van der Waals surface area contributed by atoms with Gasteiger partial charge in [0.25, 0.3) is 0 Å². The third kappa shape index (κ3) is 3.80. The Bertz CT molecular complexity index is 586. The number of hydrogen-bond acceptors (Lipinski definition) is 4. The molecule has 0 radical (unpaired) electrons. The highest BCUT2D eigenvalue weighted by molar-refractivity contribution is 7.90. The predicted molar refractivity (Wildman–Crippen MR) is 74.2 cm³/mol. The molecule has 0 aliphatic heterocycles. The summed E-state index contributed by atoms with van der Waals surface area (Å²) in [6, 6.07) is 3.19. The molecule has 0 fully saturated rings. The van der Waals surface area contributed by atoms with Crippen molar-refractivity contribution in [1.29, 1.82) is 0 Å². The molecular formula is C14H20O4S. The van der Waals surface area contributed by atoms with Gasteiger partial charge in [-0.15, -0.1) is 0 Å². The molecule has 0 N–H and O–H groups in total. The Morgan fingerprint density at radius 1 is 1.32 bits per heavy atom. The largest absolute Gasteiger partial charge is 0.465 e. The van der Waals surface area contributed by atoms with Crippen molar-refractivity contribution in [3.05, 3.63) is 28.8 Å². The van der Waals surface area contributed by atoms with E-state index in [1.807, 2.05) is 13.8 Å². The van der Waals surface area contributed by atoms with E-state index >= 15 is 0 Å². The molecule has 1 rings (SSSR count). The van der Waals surface area contributed by atoms with E-state index in [4.69, 9.17) is 0 Å².